The zero-order valence-corrected chi connectivity index (χ0v) is 6.12. The average molecular weight is 184 g/mol. The lowest BCUT2D eigenvalue weighted by molar-refractivity contribution is -0.385. The van der Waals surface area contributed by atoms with Crippen LogP contribution in [-0.4, -0.2) is 4.92 Å². The van der Waals surface area contributed by atoms with Gasteiger partial charge in [-0.25, -0.2) is 8.78 Å². The van der Waals surface area contributed by atoms with E-state index < -0.39 is 27.8 Å². The van der Waals surface area contributed by atoms with Crippen molar-refractivity contribution in [1.82, 2.24) is 0 Å². The van der Waals surface area contributed by atoms with E-state index in [4.69, 9.17) is 5.26 Å². The fraction of sp³-hybridized carbons (Fsp3) is 0. The summed E-state index contributed by atoms with van der Waals surface area (Å²) in [5.41, 5.74) is -1.62. The van der Waals surface area contributed by atoms with E-state index in [1.165, 1.54) is 6.07 Å². The average Bonchev–Trinajstić information content (AvgIpc) is 2.09. The van der Waals surface area contributed by atoms with Crippen molar-refractivity contribution in [2.45, 2.75) is 0 Å². The third kappa shape index (κ3) is 1.44. The summed E-state index contributed by atoms with van der Waals surface area (Å²) < 4.78 is 25.2. The molecule has 1 aromatic rings. The molecule has 0 atom stereocenters. The highest BCUT2D eigenvalue weighted by Crippen LogP contribution is 2.22. The standard InChI is InChI=1S/C7H2F2N2O2/c8-5-1-2-6(11(12)13)4(3-10)7(5)9/h1-2H. The zero-order chi connectivity index (χ0) is 10.0. The monoisotopic (exact) mass is 184 g/mol. The predicted octanol–water partition coefficient (Wildman–Crippen LogP) is 1.74. The van der Waals surface area contributed by atoms with E-state index in [0.29, 0.717) is 6.07 Å². The minimum absolute atomic E-state index is 0.605. The number of halogens is 2. The maximum absolute atomic E-state index is 12.7. The highest BCUT2D eigenvalue weighted by Gasteiger charge is 2.20. The Morgan fingerprint density at radius 1 is 1.46 bits per heavy atom. The van der Waals surface area contributed by atoms with Gasteiger partial charge in [0, 0.05) is 6.07 Å². The number of rotatable bonds is 1. The summed E-state index contributed by atoms with van der Waals surface area (Å²) in [6, 6.07) is 2.58. The zero-order valence-electron chi connectivity index (χ0n) is 6.12. The molecule has 13 heavy (non-hydrogen) atoms. The van der Waals surface area contributed by atoms with E-state index in [1.54, 1.807) is 0 Å². The SMILES string of the molecule is N#Cc1c([N+](=O)[O-])ccc(F)c1F. The molecule has 0 aliphatic carbocycles. The maximum atomic E-state index is 12.7. The molecule has 0 aliphatic rings. The Labute approximate surface area is 71.2 Å². The Hall–Kier alpha value is -2.03. The highest BCUT2D eigenvalue weighted by atomic mass is 19.2. The van der Waals surface area contributed by atoms with E-state index >= 15 is 0 Å². The van der Waals surface area contributed by atoms with Crippen LogP contribution < -0.4 is 0 Å². The number of hydrogen-bond donors (Lipinski definition) is 0. The van der Waals surface area contributed by atoms with Crippen LogP contribution in [-0.2, 0) is 0 Å². The van der Waals surface area contributed by atoms with E-state index in [2.05, 4.69) is 0 Å². The molecule has 0 radical (unpaired) electrons. The van der Waals surface area contributed by atoms with Crippen LogP contribution in [0.1, 0.15) is 5.56 Å². The second-order valence-corrected chi connectivity index (χ2v) is 2.12. The van der Waals surface area contributed by atoms with Crippen LogP contribution in [0.4, 0.5) is 14.5 Å². The maximum Gasteiger partial charge on any atom is 0.290 e. The lowest BCUT2D eigenvalue weighted by Crippen LogP contribution is -1.97. The fourth-order valence-corrected chi connectivity index (χ4v) is 0.799. The van der Waals surface area contributed by atoms with Gasteiger partial charge < -0.3 is 0 Å². The van der Waals surface area contributed by atoms with Crippen molar-refractivity contribution in [3.63, 3.8) is 0 Å². The third-order valence-electron chi connectivity index (χ3n) is 1.38. The molecule has 1 rings (SSSR count). The molecular formula is C7H2F2N2O2. The molecule has 1 aromatic carbocycles. The van der Waals surface area contributed by atoms with Gasteiger partial charge in [0.2, 0.25) is 0 Å². The Morgan fingerprint density at radius 2 is 2.08 bits per heavy atom. The molecule has 0 amide bonds. The molecule has 0 saturated carbocycles. The fourth-order valence-electron chi connectivity index (χ4n) is 0.799. The lowest BCUT2D eigenvalue weighted by atomic mass is 10.2. The summed E-state index contributed by atoms with van der Waals surface area (Å²) in [7, 11) is 0. The molecule has 0 aromatic heterocycles. The van der Waals surface area contributed by atoms with E-state index in [9.17, 15) is 18.9 Å². The number of hydrogen-bond acceptors (Lipinski definition) is 3. The molecule has 66 valence electrons. The Morgan fingerprint density at radius 3 is 2.54 bits per heavy atom. The first-order valence-electron chi connectivity index (χ1n) is 3.10. The first-order chi connectivity index (χ1) is 6.07. The molecule has 0 fully saturated rings. The van der Waals surface area contributed by atoms with E-state index in [-0.39, 0.29) is 0 Å². The van der Waals surface area contributed by atoms with Crippen molar-refractivity contribution in [3.05, 3.63) is 39.4 Å². The summed E-state index contributed by atoms with van der Waals surface area (Å²) >= 11 is 0. The van der Waals surface area contributed by atoms with Gasteiger partial charge in [-0.3, -0.25) is 10.1 Å². The van der Waals surface area contributed by atoms with E-state index in [0.717, 1.165) is 6.07 Å². The van der Waals surface area contributed by atoms with Crippen LogP contribution in [0.2, 0.25) is 0 Å². The van der Waals surface area contributed by atoms with Crippen LogP contribution in [0.3, 0.4) is 0 Å². The predicted molar refractivity (Wildman–Crippen MR) is 37.7 cm³/mol. The van der Waals surface area contributed by atoms with Crippen molar-refractivity contribution in [1.29, 1.82) is 5.26 Å². The topological polar surface area (TPSA) is 66.9 Å². The largest absolute Gasteiger partial charge is 0.290 e. The number of nitrogens with zero attached hydrogens (tertiary/aromatic N) is 2. The molecule has 0 bridgehead atoms. The summed E-state index contributed by atoms with van der Waals surface area (Å²) in [5.74, 6) is -2.76. The molecule has 0 spiro atoms. The third-order valence-corrected chi connectivity index (χ3v) is 1.38. The Bertz CT molecular complexity index is 412. The number of nitro groups is 1. The smallest absolute Gasteiger partial charge is 0.258 e. The highest BCUT2D eigenvalue weighted by molar-refractivity contribution is 5.49. The quantitative estimate of drug-likeness (QED) is 0.493. The minimum Gasteiger partial charge on any atom is -0.258 e. The van der Waals surface area contributed by atoms with Gasteiger partial charge in [-0.15, -0.1) is 0 Å². The van der Waals surface area contributed by atoms with Crippen LogP contribution in [0.25, 0.3) is 0 Å². The van der Waals surface area contributed by atoms with Crippen LogP contribution >= 0.6 is 0 Å². The normalized spacial score (nSPS) is 9.31. The van der Waals surface area contributed by atoms with Crippen molar-refractivity contribution in [2.75, 3.05) is 0 Å². The van der Waals surface area contributed by atoms with Gasteiger partial charge in [-0.05, 0) is 6.07 Å². The Kier molecular flexibility index (Phi) is 2.19. The van der Waals surface area contributed by atoms with Crippen molar-refractivity contribution < 1.29 is 13.7 Å². The van der Waals surface area contributed by atoms with Gasteiger partial charge in [0.25, 0.3) is 5.69 Å². The van der Waals surface area contributed by atoms with Gasteiger partial charge in [-0.1, -0.05) is 0 Å². The number of nitro benzene ring substituents is 1. The molecule has 0 unspecified atom stereocenters. The second-order valence-electron chi connectivity index (χ2n) is 2.12. The van der Waals surface area contributed by atoms with Crippen molar-refractivity contribution in [2.24, 2.45) is 0 Å². The molecule has 0 saturated heterocycles. The molecule has 0 N–H and O–H groups in total. The summed E-state index contributed by atoms with van der Waals surface area (Å²) in [5, 5.41) is 18.5. The first-order valence-corrected chi connectivity index (χ1v) is 3.10. The van der Waals surface area contributed by atoms with Crippen molar-refractivity contribution in [3.8, 4) is 6.07 Å². The summed E-state index contributed by atoms with van der Waals surface area (Å²) in [6.45, 7) is 0. The van der Waals surface area contributed by atoms with Gasteiger partial charge in [0.05, 0.1) is 4.92 Å². The van der Waals surface area contributed by atoms with Gasteiger partial charge in [-0.2, -0.15) is 5.26 Å². The van der Waals surface area contributed by atoms with Crippen LogP contribution in [0, 0.1) is 33.1 Å². The van der Waals surface area contributed by atoms with Gasteiger partial charge in [0.1, 0.15) is 6.07 Å². The molecule has 6 heteroatoms. The molecular weight excluding hydrogens is 182 g/mol. The van der Waals surface area contributed by atoms with Crippen LogP contribution in [0.5, 0.6) is 0 Å². The molecule has 0 aliphatic heterocycles. The van der Waals surface area contributed by atoms with Gasteiger partial charge in [0.15, 0.2) is 17.2 Å². The Balaban J connectivity index is 3.50. The molecule has 0 heterocycles. The first kappa shape index (κ1) is 9.06. The number of nitriles is 1. The van der Waals surface area contributed by atoms with Crippen LogP contribution in [0.15, 0.2) is 12.1 Å². The summed E-state index contributed by atoms with van der Waals surface area (Å²) in [6.07, 6.45) is 0. The number of benzene rings is 1. The second kappa shape index (κ2) is 3.15. The molecule has 4 nitrogen and oxygen atoms in total. The summed E-state index contributed by atoms with van der Waals surface area (Å²) in [4.78, 5) is 9.27. The van der Waals surface area contributed by atoms with Crippen molar-refractivity contribution >= 4 is 5.69 Å². The van der Waals surface area contributed by atoms with Gasteiger partial charge >= 0.3 is 0 Å². The minimum atomic E-state index is -1.49. The lowest BCUT2D eigenvalue weighted by Gasteiger charge is -1.96. The van der Waals surface area contributed by atoms with E-state index in [1.807, 2.05) is 0 Å².